The SMILES string of the molecule is O=C(/C=C/c1cccc([N+](=O)[O-])c1)Nc1ccc(-n2nccc2C(F)(F)F)cc1. The third-order valence-corrected chi connectivity index (χ3v) is 3.82. The van der Waals surface area contributed by atoms with Crippen LogP contribution in [-0.2, 0) is 11.0 Å². The van der Waals surface area contributed by atoms with E-state index in [4.69, 9.17) is 0 Å². The molecule has 0 bridgehead atoms. The van der Waals surface area contributed by atoms with Crippen molar-refractivity contribution in [2.24, 2.45) is 0 Å². The summed E-state index contributed by atoms with van der Waals surface area (Å²) in [4.78, 5) is 22.2. The number of nitro benzene ring substituents is 1. The van der Waals surface area contributed by atoms with Crippen LogP contribution >= 0.6 is 0 Å². The summed E-state index contributed by atoms with van der Waals surface area (Å²) in [7, 11) is 0. The molecule has 0 radical (unpaired) electrons. The number of nitrogens with zero attached hydrogens (tertiary/aromatic N) is 3. The van der Waals surface area contributed by atoms with Gasteiger partial charge in [-0.1, -0.05) is 12.1 Å². The van der Waals surface area contributed by atoms with Crippen LogP contribution < -0.4 is 5.32 Å². The number of carbonyl (C=O) groups is 1. The molecule has 0 spiro atoms. The second-order valence-corrected chi connectivity index (χ2v) is 5.85. The maximum Gasteiger partial charge on any atom is 0.433 e. The molecule has 1 amide bonds. The van der Waals surface area contributed by atoms with E-state index in [1.807, 2.05) is 0 Å². The summed E-state index contributed by atoms with van der Waals surface area (Å²) < 4.78 is 39.6. The molecule has 0 fully saturated rings. The van der Waals surface area contributed by atoms with Crippen molar-refractivity contribution in [3.05, 3.63) is 88.2 Å². The molecule has 0 unspecified atom stereocenters. The predicted octanol–water partition coefficient (Wildman–Crippen LogP) is 4.45. The molecule has 0 aliphatic carbocycles. The smallest absolute Gasteiger partial charge is 0.323 e. The van der Waals surface area contributed by atoms with Gasteiger partial charge in [0, 0.05) is 23.9 Å². The van der Waals surface area contributed by atoms with Crippen molar-refractivity contribution in [2.45, 2.75) is 6.18 Å². The second-order valence-electron chi connectivity index (χ2n) is 5.85. The maximum atomic E-state index is 12.9. The van der Waals surface area contributed by atoms with Gasteiger partial charge in [-0.15, -0.1) is 0 Å². The van der Waals surface area contributed by atoms with Crippen LogP contribution in [0.3, 0.4) is 0 Å². The van der Waals surface area contributed by atoms with Crippen molar-refractivity contribution in [3.8, 4) is 5.69 Å². The molecule has 10 heteroatoms. The van der Waals surface area contributed by atoms with Gasteiger partial charge >= 0.3 is 6.18 Å². The van der Waals surface area contributed by atoms with Crippen LogP contribution in [0.15, 0.2) is 66.9 Å². The molecular weight excluding hydrogens is 389 g/mol. The Labute approximate surface area is 162 Å². The first kappa shape index (κ1) is 19.8. The van der Waals surface area contributed by atoms with Crippen LogP contribution in [0, 0.1) is 10.1 Å². The molecule has 3 aromatic rings. The number of hydrogen-bond acceptors (Lipinski definition) is 4. The second kappa shape index (κ2) is 7.97. The molecule has 148 valence electrons. The Morgan fingerprint density at radius 3 is 2.52 bits per heavy atom. The summed E-state index contributed by atoms with van der Waals surface area (Å²) >= 11 is 0. The molecule has 0 saturated heterocycles. The molecule has 0 saturated carbocycles. The van der Waals surface area contributed by atoms with Crippen LogP contribution in [0.5, 0.6) is 0 Å². The fourth-order valence-corrected chi connectivity index (χ4v) is 2.51. The number of alkyl halides is 3. The molecular formula is C19H13F3N4O3. The molecule has 7 nitrogen and oxygen atoms in total. The first-order valence-corrected chi connectivity index (χ1v) is 8.19. The van der Waals surface area contributed by atoms with Crippen molar-refractivity contribution in [3.63, 3.8) is 0 Å². The van der Waals surface area contributed by atoms with Crippen LogP contribution in [0.4, 0.5) is 24.5 Å². The van der Waals surface area contributed by atoms with E-state index in [9.17, 15) is 28.1 Å². The van der Waals surface area contributed by atoms with Gasteiger partial charge in [-0.25, -0.2) is 4.68 Å². The Morgan fingerprint density at radius 2 is 1.86 bits per heavy atom. The lowest BCUT2D eigenvalue weighted by molar-refractivity contribution is -0.384. The molecule has 29 heavy (non-hydrogen) atoms. The number of hydrogen-bond donors (Lipinski definition) is 1. The first-order valence-electron chi connectivity index (χ1n) is 8.19. The fourth-order valence-electron chi connectivity index (χ4n) is 2.51. The lowest BCUT2D eigenvalue weighted by Crippen LogP contribution is -2.13. The predicted molar refractivity (Wildman–Crippen MR) is 99.3 cm³/mol. The van der Waals surface area contributed by atoms with Crippen molar-refractivity contribution < 1.29 is 22.9 Å². The van der Waals surface area contributed by atoms with Gasteiger partial charge in [-0.05, 0) is 42.0 Å². The maximum absolute atomic E-state index is 12.9. The first-order chi connectivity index (χ1) is 13.7. The van der Waals surface area contributed by atoms with Gasteiger partial charge in [-0.3, -0.25) is 14.9 Å². The third kappa shape index (κ3) is 4.86. The van der Waals surface area contributed by atoms with E-state index in [-0.39, 0.29) is 11.4 Å². The highest BCUT2D eigenvalue weighted by molar-refractivity contribution is 6.02. The molecule has 1 N–H and O–H groups in total. The number of carbonyl (C=O) groups excluding carboxylic acids is 1. The Kier molecular flexibility index (Phi) is 5.44. The van der Waals surface area contributed by atoms with E-state index in [0.29, 0.717) is 11.3 Å². The lowest BCUT2D eigenvalue weighted by atomic mass is 10.2. The van der Waals surface area contributed by atoms with E-state index in [2.05, 4.69) is 10.4 Å². The zero-order chi connectivity index (χ0) is 21.0. The van der Waals surface area contributed by atoms with Crippen LogP contribution in [0.2, 0.25) is 0 Å². The normalized spacial score (nSPS) is 11.6. The van der Waals surface area contributed by atoms with Crippen molar-refractivity contribution >= 4 is 23.4 Å². The number of benzene rings is 2. The Hall–Kier alpha value is -3.95. The van der Waals surface area contributed by atoms with E-state index in [1.54, 1.807) is 6.07 Å². The van der Waals surface area contributed by atoms with E-state index in [0.717, 1.165) is 16.9 Å². The Balaban J connectivity index is 1.69. The van der Waals surface area contributed by atoms with Crippen LogP contribution in [0.25, 0.3) is 11.8 Å². The van der Waals surface area contributed by atoms with Crippen LogP contribution in [0.1, 0.15) is 11.3 Å². The van der Waals surface area contributed by atoms with Crippen LogP contribution in [-0.4, -0.2) is 20.6 Å². The van der Waals surface area contributed by atoms with Gasteiger partial charge in [-0.2, -0.15) is 18.3 Å². The van der Waals surface area contributed by atoms with E-state index < -0.39 is 22.7 Å². The monoisotopic (exact) mass is 402 g/mol. The Bertz CT molecular complexity index is 1070. The molecule has 0 aliphatic rings. The summed E-state index contributed by atoms with van der Waals surface area (Å²) in [6, 6.07) is 12.3. The summed E-state index contributed by atoms with van der Waals surface area (Å²) in [6.07, 6.45) is -0.879. The highest BCUT2D eigenvalue weighted by Crippen LogP contribution is 2.30. The minimum atomic E-state index is -4.54. The Morgan fingerprint density at radius 1 is 1.14 bits per heavy atom. The molecule has 0 aliphatic heterocycles. The number of amides is 1. The molecule has 0 atom stereocenters. The number of non-ortho nitro benzene ring substituents is 1. The number of rotatable bonds is 5. The highest BCUT2D eigenvalue weighted by Gasteiger charge is 2.35. The van der Waals surface area contributed by atoms with Crippen molar-refractivity contribution in [1.82, 2.24) is 9.78 Å². The number of nitro groups is 1. The zero-order valence-corrected chi connectivity index (χ0v) is 14.6. The standard InChI is InChI=1S/C19H13F3N4O3/c20-19(21,22)17-10-11-23-25(17)15-7-5-14(6-8-15)24-18(27)9-4-13-2-1-3-16(12-13)26(28)29/h1-12H,(H,24,27)/b9-4+. The van der Waals surface area contributed by atoms with Gasteiger partial charge < -0.3 is 5.32 Å². The van der Waals surface area contributed by atoms with E-state index >= 15 is 0 Å². The highest BCUT2D eigenvalue weighted by atomic mass is 19.4. The third-order valence-electron chi connectivity index (χ3n) is 3.82. The quantitative estimate of drug-likeness (QED) is 0.388. The molecule has 3 rings (SSSR count). The molecule has 1 heterocycles. The summed E-state index contributed by atoms with van der Waals surface area (Å²) in [5.74, 6) is -0.501. The average molecular weight is 402 g/mol. The zero-order valence-electron chi connectivity index (χ0n) is 14.6. The van der Waals surface area contributed by atoms with Gasteiger partial charge in [0.15, 0.2) is 0 Å². The van der Waals surface area contributed by atoms with Gasteiger partial charge in [0.05, 0.1) is 16.8 Å². The number of nitrogens with one attached hydrogen (secondary N) is 1. The van der Waals surface area contributed by atoms with Crippen molar-refractivity contribution in [1.29, 1.82) is 0 Å². The summed E-state index contributed by atoms with van der Waals surface area (Å²) in [6.45, 7) is 0. The summed E-state index contributed by atoms with van der Waals surface area (Å²) in [5, 5.41) is 17.0. The number of aromatic nitrogens is 2. The largest absolute Gasteiger partial charge is 0.433 e. The topological polar surface area (TPSA) is 90.1 Å². The van der Waals surface area contributed by atoms with Crippen molar-refractivity contribution in [2.75, 3.05) is 5.32 Å². The number of anilines is 1. The molecule has 2 aromatic carbocycles. The van der Waals surface area contributed by atoms with E-state index in [1.165, 1.54) is 54.6 Å². The summed E-state index contributed by atoms with van der Waals surface area (Å²) in [5.41, 5.74) is 0.0212. The fraction of sp³-hybridized carbons (Fsp3) is 0.0526. The minimum Gasteiger partial charge on any atom is -0.323 e. The lowest BCUT2D eigenvalue weighted by Gasteiger charge is -2.11. The minimum absolute atomic E-state index is 0.0972. The van der Waals surface area contributed by atoms with Gasteiger partial charge in [0.1, 0.15) is 5.69 Å². The molecule has 1 aromatic heterocycles. The van der Waals surface area contributed by atoms with Gasteiger partial charge in [0.25, 0.3) is 5.69 Å². The average Bonchev–Trinajstić information content (AvgIpc) is 3.18. The number of halogens is 3. The van der Waals surface area contributed by atoms with Gasteiger partial charge in [0.2, 0.25) is 5.91 Å².